The quantitative estimate of drug-likeness (QED) is 0.165. The molecule has 0 radical (unpaired) electrons. The Labute approximate surface area is 479 Å². The molecule has 0 unspecified atom stereocenters. The fourth-order valence-electron chi connectivity index (χ4n) is 12.6. The topological polar surface area (TPSA) is 198 Å². The Morgan fingerprint density at radius 1 is 0.610 bits per heavy atom. The molecule has 2 spiro atoms. The van der Waals surface area contributed by atoms with Crippen LogP contribution in [0.1, 0.15) is 157 Å². The summed E-state index contributed by atoms with van der Waals surface area (Å²) >= 11 is 0. The van der Waals surface area contributed by atoms with E-state index in [1.807, 2.05) is 27.7 Å². The Bertz CT molecular complexity index is 2990. The molecule has 16 nitrogen and oxygen atoms in total. The minimum Gasteiger partial charge on any atom is -0.345 e. The normalized spacial score (nSPS) is 23.5. The summed E-state index contributed by atoms with van der Waals surface area (Å²) in [7, 11) is -0.608. The minimum atomic E-state index is -4.14. The maximum absolute atomic E-state index is 13.2. The van der Waals surface area contributed by atoms with E-state index in [4.69, 9.17) is 9.98 Å². The number of aryl methyl sites for hydroxylation is 4. The van der Waals surface area contributed by atoms with Crippen LogP contribution in [0.25, 0.3) is 6.08 Å². The predicted octanol–water partition coefficient (Wildman–Crippen LogP) is 9.21. The van der Waals surface area contributed by atoms with Crippen LogP contribution in [0.2, 0.25) is 0 Å². The smallest absolute Gasteiger partial charge is 0.345 e. The average molecular weight is 1200 g/mol. The molecule has 82 heavy (non-hydrogen) atoms. The molecule has 0 bridgehead atoms. The maximum Gasteiger partial charge on any atom is 0.389 e. The number of nitrogens with zero attached hydrogens (tertiary/aromatic N) is 6. The van der Waals surface area contributed by atoms with Crippen molar-refractivity contribution in [1.29, 1.82) is 0 Å². The zero-order valence-electron chi connectivity index (χ0n) is 48.4. The first-order valence-electron chi connectivity index (χ1n) is 28.5. The Balaban J connectivity index is 0.000000236. The number of hydrogen-bond donors (Lipinski definition) is 2. The molecule has 2 aromatic rings. The molecule has 4 amide bonds. The predicted molar refractivity (Wildman–Crippen MR) is 303 cm³/mol. The molecule has 24 heteroatoms. The second-order valence-corrected chi connectivity index (χ2v) is 27.8. The van der Waals surface area contributed by atoms with E-state index >= 15 is 0 Å². The zero-order chi connectivity index (χ0) is 60.3. The summed E-state index contributed by atoms with van der Waals surface area (Å²) in [5.41, 5.74) is 4.11. The third kappa shape index (κ3) is 15.8. The number of amidine groups is 2. The van der Waals surface area contributed by atoms with Crippen molar-refractivity contribution in [2.45, 2.75) is 160 Å². The summed E-state index contributed by atoms with van der Waals surface area (Å²) in [6.45, 7) is 8.13. The van der Waals surface area contributed by atoms with Gasteiger partial charge < -0.3 is 20.4 Å². The van der Waals surface area contributed by atoms with E-state index in [0.29, 0.717) is 93.4 Å². The van der Waals surface area contributed by atoms with Gasteiger partial charge in [-0.05, 0) is 200 Å². The number of carbonyl (C=O) groups is 4. The van der Waals surface area contributed by atoms with E-state index in [1.54, 1.807) is 58.5 Å². The second kappa shape index (κ2) is 25.6. The first-order valence-corrected chi connectivity index (χ1v) is 31.6. The Hall–Kier alpha value is -5.20. The number of hydrogen-bond acceptors (Lipinski definition) is 10. The highest BCUT2D eigenvalue weighted by molar-refractivity contribution is 7.92. The van der Waals surface area contributed by atoms with Gasteiger partial charge in [0.1, 0.15) is 22.7 Å². The van der Waals surface area contributed by atoms with Crippen LogP contribution < -0.4 is 10.6 Å². The van der Waals surface area contributed by atoms with Crippen molar-refractivity contribution < 1.29 is 62.4 Å². The number of amides is 4. The molecule has 4 fully saturated rings. The number of benzene rings is 2. The van der Waals surface area contributed by atoms with Gasteiger partial charge in [-0.2, -0.15) is 30.6 Å². The Morgan fingerprint density at radius 2 is 0.976 bits per heavy atom. The van der Waals surface area contributed by atoms with Gasteiger partial charge in [-0.1, -0.05) is 0 Å². The average Bonchev–Trinajstić information content (AvgIpc) is 4.14. The van der Waals surface area contributed by atoms with Crippen LogP contribution in [0.5, 0.6) is 0 Å². The van der Waals surface area contributed by atoms with Gasteiger partial charge in [-0.3, -0.25) is 29.2 Å². The highest BCUT2D eigenvalue weighted by Crippen LogP contribution is 2.41. The van der Waals surface area contributed by atoms with E-state index in [9.17, 15) is 62.4 Å². The number of rotatable bonds is 15. The van der Waals surface area contributed by atoms with Crippen LogP contribution in [0.15, 0.2) is 39.7 Å². The second-order valence-electron chi connectivity index (χ2n) is 23.9. The SMILES string of the molecule is Cc1cc(C(=O)N(C)C)cc(C)c1/C=C/S(=O)(=O)N1CCC2(CC1)N=C(C1CCC(CCC(F)(F)F)CC1)NC2=O.Cc1cc(C(=O)N(C)C)cc(C)c1CCS(=O)(=O)N1CCC2(CC1)N=C(C1CCC(CCC(F)(F)F)CC1)NC2=O. The summed E-state index contributed by atoms with van der Waals surface area (Å²) < 4.78 is 131. The van der Waals surface area contributed by atoms with Crippen LogP contribution in [-0.4, -0.2) is 154 Å². The molecular formula is C58H80F6N8O8S2. The van der Waals surface area contributed by atoms with Gasteiger partial charge in [0.2, 0.25) is 20.0 Å². The van der Waals surface area contributed by atoms with E-state index in [2.05, 4.69) is 10.6 Å². The fraction of sp³-hybridized carbons (Fsp3) is 0.655. The lowest BCUT2D eigenvalue weighted by Crippen LogP contribution is -2.51. The lowest BCUT2D eigenvalue weighted by molar-refractivity contribution is -0.139. The van der Waals surface area contributed by atoms with Crippen LogP contribution in [0, 0.1) is 51.4 Å². The molecule has 6 aliphatic rings. The van der Waals surface area contributed by atoms with Crippen LogP contribution in [-0.2, 0) is 36.1 Å². The summed E-state index contributed by atoms with van der Waals surface area (Å²) in [6.07, 6.45) is -1.04. The molecular weight excluding hydrogens is 1110 g/mol. The van der Waals surface area contributed by atoms with Crippen LogP contribution in [0.3, 0.4) is 0 Å². The van der Waals surface area contributed by atoms with Gasteiger partial charge in [0.05, 0.1) is 5.75 Å². The highest BCUT2D eigenvalue weighted by Gasteiger charge is 2.50. The number of halogens is 6. The van der Waals surface area contributed by atoms with Gasteiger partial charge >= 0.3 is 12.4 Å². The fourth-order valence-corrected chi connectivity index (χ4v) is 15.2. The van der Waals surface area contributed by atoms with Crippen molar-refractivity contribution in [1.82, 2.24) is 29.0 Å². The number of alkyl halides is 6. The van der Waals surface area contributed by atoms with Crippen molar-refractivity contribution in [2.24, 2.45) is 33.7 Å². The maximum atomic E-state index is 13.2. The molecule has 2 aliphatic carbocycles. The van der Waals surface area contributed by atoms with Gasteiger partial charge in [-0.15, -0.1) is 0 Å². The molecule has 8 rings (SSSR count). The number of carbonyl (C=O) groups excluding carboxylic acids is 4. The molecule has 454 valence electrons. The standard InChI is InChI=1S/C29H41F3N4O4S.C29H39F3N4O4S/c2*1-19-17-23(26(37)35(3)4)18-20(2)24(19)10-16-41(39,40)36-14-12-28(13-15-36)27(38)33-25(34-28)22-7-5-21(6-8-22)9-11-29(30,31)32/h17-18,21-22H,5-16H2,1-4H3,(H,33,34,38);10,16-18,21-22H,5-9,11-15H2,1-4H3,(H,33,34,38)/b;16-10+. The number of nitrogens with one attached hydrogen (secondary N) is 2. The molecule has 2 aromatic carbocycles. The van der Waals surface area contributed by atoms with Crippen molar-refractivity contribution in [3.8, 4) is 0 Å². The monoisotopic (exact) mass is 1190 g/mol. The molecule has 2 saturated heterocycles. The number of piperidine rings is 2. The summed E-state index contributed by atoms with van der Waals surface area (Å²) in [4.78, 5) is 63.2. The zero-order valence-corrected chi connectivity index (χ0v) is 50.0. The van der Waals surface area contributed by atoms with Crippen molar-refractivity contribution in [3.05, 3.63) is 74.2 Å². The largest absolute Gasteiger partial charge is 0.389 e. The summed E-state index contributed by atoms with van der Waals surface area (Å²) in [5.74, 6) is 0.590. The van der Waals surface area contributed by atoms with Crippen molar-refractivity contribution in [3.63, 3.8) is 0 Å². The minimum absolute atomic E-state index is 0.0102. The summed E-state index contributed by atoms with van der Waals surface area (Å²) in [5, 5.41) is 7.01. The first kappa shape index (κ1) is 64.4. The first-order chi connectivity index (χ1) is 38.2. The summed E-state index contributed by atoms with van der Waals surface area (Å²) in [6, 6.07) is 7.08. The van der Waals surface area contributed by atoms with Gasteiger partial charge in [0.15, 0.2) is 0 Å². The van der Waals surface area contributed by atoms with E-state index in [-0.39, 0.29) is 105 Å². The van der Waals surface area contributed by atoms with Crippen LogP contribution in [0.4, 0.5) is 26.3 Å². The van der Waals surface area contributed by atoms with E-state index in [0.717, 1.165) is 33.4 Å². The molecule has 0 atom stereocenters. The molecule has 2 saturated carbocycles. The van der Waals surface area contributed by atoms with E-state index < -0.39 is 56.3 Å². The molecule has 4 aliphatic heterocycles. The molecule has 0 aromatic heterocycles. The van der Waals surface area contributed by atoms with Gasteiger partial charge in [0.25, 0.3) is 23.6 Å². The lowest BCUT2D eigenvalue weighted by Gasteiger charge is -2.34. The van der Waals surface area contributed by atoms with Gasteiger partial charge in [0, 0.05) is 95.6 Å². The third-order valence-electron chi connectivity index (χ3n) is 17.6. The van der Waals surface area contributed by atoms with Crippen LogP contribution >= 0.6 is 0 Å². The number of aliphatic imine (C=N–C) groups is 2. The van der Waals surface area contributed by atoms with Crippen molar-refractivity contribution >= 4 is 61.4 Å². The molecule has 4 heterocycles. The Morgan fingerprint density at radius 3 is 1.34 bits per heavy atom. The van der Waals surface area contributed by atoms with E-state index in [1.165, 1.54) is 23.8 Å². The lowest BCUT2D eigenvalue weighted by atomic mass is 9.79. The van der Waals surface area contributed by atoms with Gasteiger partial charge in [-0.25, -0.2) is 21.1 Å². The Kier molecular flexibility index (Phi) is 20.1. The highest BCUT2D eigenvalue weighted by atomic mass is 32.2. The molecule has 2 N–H and O–H groups in total. The van der Waals surface area contributed by atoms with Crippen molar-refractivity contribution in [2.75, 3.05) is 60.1 Å². The number of sulfonamides is 2. The third-order valence-corrected chi connectivity index (χ3v) is 21.0.